The van der Waals surface area contributed by atoms with E-state index in [9.17, 15) is 13.6 Å². The van der Waals surface area contributed by atoms with Gasteiger partial charge in [0.2, 0.25) is 0 Å². The zero-order chi connectivity index (χ0) is 25.1. The predicted octanol–water partition coefficient (Wildman–Crippen LogP) is 4.29. The van der Waals surface area contributed by atoms with Crippen LogP contribution in [0.25, 0.3) is 28.2 Å². The summed E-state index contributed by atoms with van der Waals surface area (Å²) >= 11 is 0. The third-order valence-electron chi connectivity index (χ3n) is 5.18. The highest BCUT2D eigenvalue weighted by Gasteiger charge is 2.19. The number of nitrogen functional groups attached to an aromatic ring is 1. The second kappa shape index (κ2) is 9.54. The number of carbonyl (C=O) groups is 1. The Bertz CT molecular complexity index is 1540. The fourth-order valence-corrected chi connectivity index (χ4v) is 3.46. The average Bonchev–Trinajstić information content (AvgIpc) is 3.36. The predicted molar refractivity (Wildman–Crippen MR) is 129 cm³/mol. The van der Waals surface area contributed by atoms with Crippen molar-refractivity contribution in [2.75, 3.05) is 16.4 Å². The molecule has 3 aromatic heterocycles. The Balaban J connectivity index is 1.40. The van der Waals surface area contributed by atoms with Crippen molar-refractivity contribution in [1.29, 1.82) is 0 Å². The molecule has 0 unspecified atom stereocenters. The van der Waals surface area contributed by atoms with Gasteiger partial charge in [0.1, 0.15) is 11.5 Å². The molecule has 178 valence electrons. The summed E-state index contributed by atoms with van der Waals surface area (Å²) in [4.78, 5) is 20.4. The topological polar surface area (TPSA) is 137 Å². The monoisotopic (exact) mass is 485 g/mol. The third kappa shape index (κ3) is 4.55. The molecule has 36 heavy (non-hydrogen) atoms. The van der Waals surface area contributed by atoms with Crippen LogP contribution in [0.2, 0.25) is 0 Å². The third-order valence-corrected chi connectivity index (χ3v) is 5.18. The van der Waals surface area contributed by atoms with Crippen molar-refractivity contribution in [2.24, 2.45) is 0 Å². The summed E-state index contributed by atoms with van der Waals surface area (Å²) < 4.78 is 29.2. The van der Waals surface area contributed by atoms with Crippen molar-refractivity contribution in [3.63, 3.8) is 0 Å². The molecule has 4 N–H and O–H groups in total. The molecule has 5 rings (SSSR count). The van der Waals surface area contributed by atoms with E-state index in [2.05, 4.69) is 36.1 Å². The molecule has 2 aromatic carbocycles. The first-order valence-electron chi connectivity index (χ1n) is 10.6. The molecule has 0 fully saturated rings. The van der Waals surface area contributed by atoms with Crippen LogP contribution in [0.5, 0.6) is 0 Å². The van der Waals surface area contributed by atoms with E-state index < -0.39 is 17.7 Å². The molecular weight excluding hydrogens is 468 g/mol. The van der Waals surface area contributed by atoms with Crippen molar-refractivity contribution in [2.45, 2.75) is 0 Å². The molecule has 12 heteroatoms. The number of nitrogens with two attached hydrogens (primary N) is 1. The summed E-state index contributed by atoms with van der Waals surface area (Å²) in [6.07, 6.45) is 4.71. The fraction of sp³-hybridized carbons (Fsp3) is 0. The van der Waals surface area contributed by atoms with Gasteiger partial charge in [-0.05, 0) is 58.5 Å². The summed E-state index contributed by atoms with van der Waals surface area (Å²) in [5.74, 6) is -1.92. The Morgan fingerprint density at radius 1 is 0.917 bits per heavy atom. The van der Waals surface area contributed by atoms with Gasteiger partial charge in [-0.15, -0.1) is 5.10 Å². The largest absolute Gasteiger partial charge is 0.383 e. The quantitative estimate of drug-likeness (QED) is 0.338. The zero-order valence-electron chi connectivity index (χ0n) is 18.4. The number of urea groups is 1. The molecule has 0 bridgehead atoms. The van der Waals surface area contributed by atoms with Crippen molar-refractivity contribution in [1.82, 2.24) is 30.2 Å². The number of nitrogens with zero attached hydrogens (tertiary/aromatic N) is 6. The van der Waals surface area contributed by atoms with Gasteiger partial charge in [-0.25, -0.2) is 18.6 Å². The number of tetrazole rings is 1. The number of nitrogens with one attached hydrogen (secondary N) is 2. The Morgan fingerprint density at radius 2 is 1.72 bits per heavy atom. The first kappa shape index (κ1) is 22.5. The maximum Gasteiger partial charge on any atom is 0.323 e. The number of hydrogen-bond donors (Lipinski definition) is 3. The number of aromatic nitrogens is 6. The van der Waals surface area contributed by atoms with Crippen molar-refractivity contribution in [3.05, 3.63) is 90.9 Å². The van der Waals surface area contributed by atoms with Gasteiger partial charge in [0.15, 0.2) is 17.5 Å². The lowest BCUT2D eigenvalue weighted by Crippen LogP contribution is -2.19. The molecule has 2 amide bonds. The number of carbonyl (C=O) groups excluding carboxylic acids is 1. The summed E-state index contributed by atoms with van der Waals surface area (Å²) in [7, 11) is 0. The number of anilines is 3. The van der Waals surface area contributed by atoms with Gasteiger partial charge >= 0.3 is 6.03 Å². The van der Waals surface area contributed by atoms with E-state index in [0.717, 1.165) is 16.3 Å². The molecule has 0 aliphatic rings. The minimum absolute atomic E-state index is 0.0942. The van der Waals surface area contributed by atoms with Gasteiger partial charge in [0.25, 0.3) is 0 Å². The lowest BCUT2D eigenvalue weighted by atomic mass is 10.0. The highest BCUT2D eigenvalue weighted by atomic mass is 19.2. The van der Waals surface area contributed by atoms with Crippen molar-refractivity contribution < 1.29 is 13.6 Å². The highest BCUT2D eigenvalue weighted by Crippen LogP contribution is 2.30. The molecule has 0 saturated heterocycles. The number of pyridine rings is 2. The summed E-state index contributed by atoms with van der Waals surface area (Å²) in [5.41, 5.74) is 8.79. The molecule has 5 aromatic rings. The molecule has 0 aliphatic heterocycles. The zero-order valence-corrected chi connectivity index (χ0v) is 18.4. The van der Waals surface area contributed by atoms with E-state index in [-0.39, 0.29) is 17.3 Å². The van der Waals surface area contributed by atoms with Gasteiger partial charge in [-0.2, -0.15) is 4.68 Å². The first-order chi connectivity index (χ1) is 17.5. The van der Waals surface area contributed by atoms with E-state index >= 15 is 0 Å². The van der Waals surface area contributed by atoms with Gasteiger partial charge in [0.05, 0.1) is 17.4 Å². The number of hydrogen-bond acceptors (Lipinski definition) is 7. The average molecular weight is 485 g/mol. The van der Waals surface area contributed by atoms with Gasteiger partial charge in [-0.3, -0.25) is 4.98 Å². The van der Waals surface area contributed by atoms with Gasteiger partial charge in [0, 0.05) is 23.6 Å². The number of rotatable bonds is 5. The fourth-order valence-electron chi connectivity index (χ4n) is 3.46. The molecule has 0 spiro atoms. The Kier molecular flexibility index (Phi) is 5.97. The maximum absolute atomic E-state index is 14.4. The molecule has 0 saturated carbocycles. The van der Waals surface area contributed by atoms with Crippen LogP contribution < -0.4 is 16.4 Å². The second-order valence-corrected chi connectivity index (χ2v) is 7.54. The van der Waals surface area contributed by atoms with E-state index in [1.165, 1.54) is 18.3 Å². The minimum atomic E-state index is -1.09. The molecular formula is C24H17F2N9O. The van der Waals surface area contributed by atoms with Crippen molar-refractivity contribution >= 4 is 23.2 Å². The number of benzene rings is 2. The maximum atomic E-state index is 14.4. The summed E-state index contributed by atoms with van der Waals surface area (Å²) in [5, 5.41) is 16.8. The first-order valence-corrected chi connectivity index (χ1v) is 10.6. The normalized spacial score (nSPS) is 10.7. The van der Waals surface area contributed by atoms with Crippen LogP contribution in [0.1, 0.15) is 0 Å². The number of halogens is 2. The molecule has 3 heterocycles. The van der Waals surface area contributed by atoms with E-state index in [1.54, 1.807) is 54.9 Å². The summed E-state index contributed by atoms with van der Waals surface area (Å²) in [6.45, 7) is 0. The van der Waals surface area contributed by atoms with Crippen LogP contribution in [-0.2, 0) is 0 Å². The highest BCUT2D eigenvalue weighted by molar-refractivity contribution is 5.99. The van der Waals surface area contributed by atoms with Crippen LogP contribution in [0.3, 0.4) is 0 Å². The van der Waals surface area contributed by atoms with Crippen LogP contribution in [0, 0.1) is 11.6 Å². The Hall–Kier alpha value is -5.26. The molecule has 10 nitrogen and oxygen atoms in total. The van der Waals surface area contributed by atoms with Crippen LogP contribution in [0.4, 0.5) is 30.8 Å². The van der Waals surface area contributed by atoms with Crippen LogP contribution >= 0.6 is 0 Å². The molecule has 0 aliphatic carbocycles. The smallest absolute Gasteiger partial charge is 0.323 e. The van der Waals surface area contributed by atoms with E-state index in [4.69, 9.17) is 5.73 Å². The SMILES string of the molecule is Nc1ncc(-c2ccc(NC(=O)Nc3cccnc3)cc2)cc1-c1nnnn1-c1cccc(F)c1F. The molecule has 0 radical (unpaired) electrons. The lowest BCUT2D eigenvalue weighted by molar-refractivity contribution is 0.262. The molecule has 0 atom stereocenters. The minimum Gasteiger partial charge on any atom is -0.383 e. The Labute approximate surface area is 202 Å². The van der Waals surface area contributed by atoms with Crippen molar-refractivity contribution in [3.8, 4) is 28.2 Å². The second-order valence-electron chi connectivity index (χ2n) is 7.54. The van der Waals surface area contributed by atoms with Gasteiger partial charge in [-0.1, -0.05) is 18.2 Å². The van der Waals surface area contributed by atoms with Crippen LogP contribution in [0.15, 0.2) is 79.3 Å². The lowest BCUT2D eigenvalue weighted by Gasteiger charge is -2.11. The summed E-state index contributed by atoms with van der Waals surface area (Å²) in [6, 6.07) is 15.4. The standard InChI is InChI=1S/C24H17F2N9O/c25-19-4-1-5-20(21(19)26)35-23(32-33-34-35)18-11-15(12-29-22(18)27)14-6-8-16(9-7-14)30-24(36)31-17-3-2-10-28-13-17/h1-13H,(H2,27,29)(H2,30,31,36). The van der Waals surface area contributed by atoms with E-state index in [0.29, 0.717) is 22.5 Å². The van der Waals surface area contributed by atoms with Gasteiger partial charge < -0.3 is 16.4 Å². The Morgan fingerprint density at radius 3 is 2.50 bits per heavy atom. The number of amides is 2. The van der Waals surface area contributed by atoms with Crippen LogP contribution in [-0.4, -0.2) is 36.2 Å². The van der Waals surface area contributed by atoms with E-state index in [1.807, 2.05) is 0 Å².